The second kappa shape index (κ2) is 17.2. The highest BCUT2D eigenvalue weighted by molar-refractivity contribution is 4.58. The first-order valence-electron chi connectivity index (χ1n) is 6.60. The lowest BCUT2D eigenvalue weighted by atomic mass is 10.5. The summed E-state index contributed by atoms with van der Waals surface area (Å²) in [4.78, 5) is 2.31. The zero-order valence-corrected chi connectivity index (χ0v) is 11.7. The molecule has 16 heavy (non-hydrogen) atoms. The molecule has 0 aromatic heterocycles. The van der Waals surface area contributed by atoms with E-state index in [0.717, 1.165) is 39.3 Å². The lowest BCUT2D eigenvalue weighted by Crippen LogP contribution is -2.28. The molecule has 0 aromatic rings. The molecule has 4 nitrogen and oxygen atoms in total. The Morgan fingerprint density at radius 3 is 1.56 bits per heavy atom. The van der Waals surface area contributed by atoms with Crippen molar-refractivity contribution in [3.8, 4) is 0 Å². The van der Waals surface area contributed by atoms with Crippen molar-refractivity contribution in [1.29, 1.82) is 0 Å². The summed E-state index contributed by atoms with van der Waals surface area (Å²) in [6, 6.07) is 0. The van der Waals surface area contributed by atoms with Crippen LogP contribution in [-0.4, -0.2) is 57.3 Å². The van der Waals surface area contributed by atoms with E-state index in [0.29, 0.717) is 0 Å². The van der Waals surface area contributed by atoms with Crippen molar-refractivity contribution in [2.24, 2.45) is 5.73 Å². The van der Waals surface area contributed by atoms with Crippen molar-refractivity contribution in [2.45, 2.75) is 27.7 Å². The van der Waals surface area contributed by atoms with Gasteiger partial charge in [0.15, 0.2) is 0 Å². The number of rotatable bonds is 6. The summed E-state index contributed by atoms with van der Waals surface area (Å²) in [7, 11) is 0. The molecule has 1 saturated heterocycles. The van der Waals surface area contributed by atoms with E-state index in [-0.39, 0.29) is 0 Å². The zero-order valence-electron chi connectivity index (χ0n) is 11.7. The third-order valence-corrected chi connectivity index (χ3v) is 2.09. The first-order valence-corrected chi connectivity index (χ1v) is 6.60. The van der Waals surface area contributed by atoms with Crippen molar-refractivity contribution in [2.75, 3.05) is 52.4 Å². The normalized spacial score (nSPS) is 12.4. The van der Waals surface area contributed by atoms with Crippen LogP contribution in [0.5, 0.6) is 0 Å². The van der Waals surface area contributed by atoms with E-state index in [1.807, 2.05) is 0 Å². The maximum atomic E-state index is 5.34. The molecule has 0 aliphatic carbocycles. The third-order valence-electron chi connectivity index (χ3n) is 2.09. The van der Waals surface area contributed by atoms with Gasteiger partial charge in [-0.1, -0.05) is 27.7 Å². The molecule has 0 atom stereocenters. The fourth-order valence-corrected chi connectivity index (χ4v) is 0.972. The first kappa shape index (κ1) is 18.2. The zero-order chi connectivity index (χ0) is 12.6. The topological polar surface area (TPSA) is 63.2 Å². The van der Waals surface area contributed by atoms with Gasteiger partial charge in [-0.3, -0.25) is 0 Å². The monoisotopic (exact) mass is 232 g/mol. The highest BCUT2D eigenvalue weighted by Gasteiger charge is 1.93. The molecule has 1 fully saturated rings. The number of hydrogen-bond acceptors (Lipinski definition) is 4. The first-order chi connectivity index (χ1) is 7.76. The molecule has 0 radical (unpaired) electrons. The van der Waals surface area contributed by atoms with E-state index in [4.69, 9.17) is 5.73 Å². The standard InChI is InChI=1S/C6H16N2.C4H11N.C2H5N/c1-3-8(4-2)6-5-7;1-3-5-4-2;1-2-3-1/h3-7H2,1-2H3;5H,3-4H2,1-2H3;3H,1-2H2. The molecule has 0 bridgehead atoms. The van der Waals surface area contributed by atoms with E-state index in [1.54, 1.807) is 0 Å². The second-order valence-corrected chi connectivity index (χ2v) is 3.52. The van der Waals surface area contributed by atoms with Gasteiger partial charge in [0.05, 0.1) is 0 Å². The molecule has 0 amide bonds. The average Bonchev–Trinajstić information content (AvgIpc) is 3.15. The molecule has 100 valence electrons. The van der Waals surface area contributed by atoms with Crippen LogP contribution in [0.15, 0.2) is 0 Å². The highest BCUT2D eigenvalue weighted by Crippen LogP contribution is 1.81. The van der Waals surface area contributed by atoms with E-state index in [1.165, 1.54) is 13.1 Å². The minimum atomic E-state index is 0.779. The summed E-state index contributed by atoms with van der Waals surface area (Å²) < 4.78 is 0. The molecule has 0 spiro atoms. The second-order valence-electron chi connectivity index (χ2n) is 3.52. The van der Waals surface area contributed by atoms with Gasteiger partial charge in [0, 0.05) is 26.2 Å². The quantitative estimate of drug-likeness (QED) is 0.583. The Balaban J connectivity index is 0. The molecular weight excluding hydrogens is 200 g/mol. The maximum Gasteiger partial charge on any atom is 0.0104 e. The van der Waals surface area contributed by atoms with Crippen LogP contribution in [0.4, 0.5) is 0 Å². The number of nitrogens with zero attached hydrogens (tertiary/aromatic N) is 1. The van der Waals surface area contributed by atoms with Gasteiger partial charge in [0.1, 0.15) is 0 Å². The van der Waals surface area contributed by atoms with E-state index < -0.39 is 0 Å². The Kier molecular flexibility index (Phi) is 19.6. The van der Waals surface area contributed by atoms with Gasteiger partial charge in [-0.15, -0.1) is 0 Å². The lowest BCUT2D eigenvalue weighted by molar-refractivity contribution is 0.312. The Bertz CT molecular complexity index is 98.4. The summed E-state index contributed by atoms with van der Waals surface area (Å²) in [6.07, 6.45) is 0. The van der Waals surface area contributed by atoms with Crippen molar-refractivity contribution in [3.63, 3.8) is 0 Å². The van der Waals surface area contributed by atoms with Gasteiger partial charge in [-0.05, 0) is 26.2 Å². The summed E-state index contributed by atoms with van der Waals surface area (Å²) in [6.45, 7) is 17.2. The Hall–Kier alpha value is -0.160. The minimum absolute atomic E-state index is 0.779. The molecule has 1 heterocycles. The number of likely N-dealkylation sites (N-methyl/N-ethyl adjacent to an activating group) is 1. The van der Waals surface area contributed by atoms with Gasteiger partial charge >= 0.3 is 0 Å². The fourth-order valence-electron chi connectivity index (χ4n) is 0.972. The van der Waals surface area contributed by atoms with E-state index >= 15 is 0 Å². The van der Waals surface area contributed by atoms with Crippen LogP contribution in [0.2, 0.25) is 0 Å². The van der Waals surface area contributed by atoms with E-state index in [9.17, 15) is 0 Å². The summed E-state index contributed by atoms with van der Waals surface area (Å²) in [5, 5.41) is 6.11. The summed E-state index contributed by atoms with van der Waals surface area (Å²) >= 11 is 0. The maximum absolute atomic E-state index is 5.34. The molecular formula is C12H32N4. The molecule has 0 saturated carbocycles. The Labute approximate surface area is 102 Å². The van der Waals surface area contributed by atoms with Crippen LogP contribution in [0.3, 0.4) is 0 Å². The number of nitrogens with one attached hydrogen (secondary N) is 2. The van der Waals surface area contributed by atoms with Gasteiger partial charge in [-0.25, -0.2) is 0 Å². The van der Waals surface area contributed by atoms with Crippen molar-refractivity contribution in [3.05, 3.63) is 0 Å². The molecule has 4 heteroatoms. The van der Waals surface area contributed by atoms with Crippen LogP contribution in [0.1, 0.15) is 27.7 Å². The molecule has 1 aliphatic rings. The molecule has 1 rings (SSSR count). The number of hydrogen-bond donors (Lipinski definition) is 3. The molecule has 4 N–H and O–H groups in total. The smallest absolute Gasteiger partial charge is 0.0104 e. The molecule has 0 aromatic carbocycles. The largest absolute Gasteiger partial charge is 0.329 e. The van der Waals surface area contributed by atoms with Crippen molar-refractivity contribution in [1.82, 2.24) is 15.5 Å². The lowest BCUT2D eigenvalue weighted by Gasteiger charge is -2.15. The van der Waals surface area contributed by atoms with Crippen LogP contribution >= 0.6 is 0 Å². The van der Waals surface area contributed by atoms with Crippen molar-refractivity contribution < 1.29 is 0 Å². The number of nitrogens with two attached hydrogens (primary N) is 1. The highest BCUT2D eigenvalue weighted by atomic mass is 15.1. The Morgan fingerprint density at radius 2 is 1.50 bits per heavy atom. The third kappa shape index (κ3) is 23.6. The fraction of sp³-hybridized carbons (Fsp3) is 1.00. The predicted octanol–water partition coefficient (Wildman–Crippen LogP) is 0.492. The molecule has 1 aliphatic heterocycles. The van der Waals surface area contributed by atoms with Crippen LogP contribution < -0.4 is 16.4 Å². The van der Waals surface area contributed by atoms with Gasteiger partial charge < -0.3 is 21.3 Å². The van der Waals surface area contributed by atoms with Gasteiger partial charge in [0.25, 0.3) is 0 Å². The predicted molar refractivity (Wildman–Crippen MR) is 73.9 cm³/mol. The van der Waals surface area contributed by atoms with Gasteiger partial charge in [0.2, 0.25) is 0 Å². The Morgan fingerprint density at radius 1 is 1.06 bits per heavy atom. The van der Waals surface area contributed by atoms with Crippen molar-refractivity contribution >= 4 is 0 Å². The average molecular weight is 232 g/mol. The van der Waals surface area contributed by atoms with Crippen LogP contribution in [-0.2, 0) is 0 Å². The van der Waals surface area contributed by atoms with Gasteiger partial charge in [-0.2, -0.15) is 0 Å². The minimum Gasteiger partial charge on any atom is -0.329 e. The SMILES string of the molecule is C1CN1.CCN(CC)CCN.CCNCC. The van der Waals surface area contributed by atoms with E-state index in [2.05, 4.69) is 43.2 Å². The summed E-state index contributed by atoms with van der Waals surface area (Å²) in [5.41, 5.74) is 5.34. The van der Waals surface area contributed by atoms with Crippen LogP contribution in [0, 0.1) is 0 Å². The molecule has 0 unspecified atom stereocenters. The summed E-state index contributed by atoms with van der Waals surface area (Å²) in [5.74, 6) is 0. The van der Waals surface area contributed by atoms with Crippen LogP contribution in [0.25, 0.3) is 0 Å².